The highest BCUT2D eigenvalue weighted by atomic mass is 19.1. The van der Waals surface area contributed by atoms with E-state index in [0.29, 0.717) is 11.6 Å². The molecule has 0 aromatic heterocycles. The summed E-state index contributed by atoms with van der Waals surface area (Å²) in [5.41, 5.74) is 0.145. The normalized spacial score (nSPS) is 18.0. The highest BCUT2D eigenvalue weighted by molar-refractivity contribution is 5.52. The molecule has 0 radical (unpaired) electrons. The third kappa shape index (κ3) is 3.43. The SMILES string of the molecule is CC(Nc1ccc(F)c([N+](=O)[O-])c1)C1CCCCC1. The van der Waals surface area contributed by atoms with E-state index < -0.39 is 16.4 Å². The summed E-state index contributed by atoms with van der Waals surface area (Å²) >= 11 is 0. The van der Waals surface area contributed by atoms with E-state index in [-0.39, 0.29) is 6.04 Å². The summed E-state index contributed by atoms with van der Waals surface area (Å²) in [5.74, 6) is -0.196. The number of anilines is 1. The monoisotopic (exact) mass is 266 g/mol. The minimum atomic E-state index is -0.791. The van der Waals surface area contributed by atoms with Gasteiger partial charge in [0.05, 0.1) is 4.92 Å². The van der Waals surface area contributed by atoms with Crippen LogP contribution < -0.4 is 5.32 Å². The van der Waals surface area contributed by atoms with E-state index in [9.17, 15) is 14.5 Å². The summed E-state index contributed by atoms with van der Waals surface area (Å²) in [4.78, 5) is 10.0. The van der Waals surface area contributed by atoms with Crippen molar-refractivity contribution < 1.29 is 9.31 Å². The molecule has 1 aliphatic rings. The lowest BCUT2D eigenvalue weighted by Crippen LogP contribution is -2.27. The first-order valence-electron chi connectivity index (χ1n) is 6.78. The zero-order valence-corrected chi connectivity index (χ0v) is 11.1. The number of halogens is 1. The van der Waals surface area contributed by atoms with Crippen LogP contribution in [0.2, 0.25) is 0 Å². The summed E-state index contributed by atoms with van der Waals surface area (Å²) in [6, 6.07) is 4.23. The molecule has 5 heteroatoms. The average molecular weight is 266 g/mol. The minimum absolute atomic E-state index is 0.255. The zero-order chi connectivity index (χ0) is 13.8. The van der Waals surface area contributed by atoms with Crippen LogP contribution in [0, 0.1) is 21.8 Å². The number of hydrogen-bond acceptors (Lipinski definition) is 3. The van der Waals surface area contributed by atoms with Gasteiger partial charge in [-0.3, -0.25) is 10.1 Å². The molecule has 104 valence electrons. The van der Waals surface area contributed by atoms with Crippen LogP contribution >= 0.6 is 0 Å². The number of nitro groups is 1. The molecule has 1 aromatic carbocycles. The predicted octanol–water partition coefficient (Wildman–Crippen LogP) is 4.11. The number of nitrogens with one attached hydrogen (secondary N) is 1. The van der Waals surface area contributed by atoms with Gasteiger partial charge in [-0.25, -0.2) is 0 Å². The Bertz CT molecular complexity index is 459. The zero-order valence-electron chi connectivity index (χ0n) is 11.1. The molecule has 1 fully saturated rings. The van der Waals surface area contributed by atoms with Gasteiger partial charge in [0.25, 0.3) is 0 Å². The Balaban J connectivity index is 2.05. The van der Waals surface area contributed by atoms with Crippen molar-refractivity contribution in [1.29, 1.82) is 0 Å². The first kappa shape index (κ1) is 13.8. The van der Waals surface area contributed by atoms with Crippen molar-refractivity contribution in [3.63, 3.8) is 0 Å². The minimum Gasteiger partial charge on any atom is -0.382 e. The van der Waals surface area contributed by atoms with Gasteiger partial charge in [-0.1, -0.05) is 19.3 Å². The molecule has 0 saturated heterocycles. The molecule has 1 N–H and O–H groups in total. The van der Waals surface area contributed by atoms with Crippen LogP contribution in [0.1, 0.15) is 39.0 Å². The molecule has 19 heavy (non-hydrogen) atoms. The predicted molar refractivity (Wildman–Crippen MR) is 72.7 cm³/mol. The van der Waals surface area contributed by atoms with Crippen molar-refractivity contribution in [3.05, 3.63) is 34.1 Å². The lowest BCUT2D eigenvalue weighted by molar-refractivity contribution is -0.387. The van der Waals surface area contributed by atoms with Gasteiger partial charge in [0.2, 0.25) is 5.82 Å². The van der Waals surface area contributed by atoms with Gasteiger partial charge in [0.1, 0.15) is 0 Å². The largest absolute Gasteiger partial charge is 0.382 e. The number of nitrogens with zero attached hydrogens (tertiary/aromatic N) is 1. The van der Waals surface area contributed by atoms with Crippen LogP contribution in [0.15, 0.2) is 18.2 Å². The maximum absolute atomic E-state index is 13.2. The number of rotatable bonds is 4. The second kappa shape index (κ2) is 5.99. The highest BCUT2D eigenvalue weighted by Gasteiger charge is 2.21. The molecule has 1 aromatic rings. The maximum atomic E-state index is 13.2. The third-order valence-electron chi connectivity index (χ3n) is 3.89. The fourth-order valence-electron chi connectivity index (χ4n) is 2.76. The van der Waals surface area contributed by atoms with E-state index in [0.717, 1.165) is 6.07 Å². The first-order chi connectivity index (χ1) is 9.08. The van der Waals surface area contributed by atoms with Gasteiger partial charge in [-0.05, 0) is 37.8 Å². The summed E-state index contributed by atoms with van der Waals surface area (Å²) in [7, 11) is 0. The van der Waals surface area contributed by atoms with E-state index in [2.05, 4.69) is 12.2 Å². The van der Waals surface area contributed by atoms with Crippen LogP contribution in [0.3, 0.4) is 0 Å². The first-order valence-corrected chi connectivity index (χ1v) is 6.78. The van der Waals surface area contributed by atoms with E-state index >= 15 is 0 Å². The van der Waals surface area contributed by atoms with Gasteiger partial charge in [0, 0.05) is 17.8 Å². The molecule has 2 rings (SSSR count). The molecule has 4 nitrogen and oxygen atoms in total. The van der Waals surface area contributed by atoms with Gasteiger partial charge < -0.3 is 5.32 Å². The lowest BCUT2D eigenvalue weighted by atomic mass is 9.84. The van der Waals surface area contributed by atoms with Crippen molar-refractivity contribution in [2.75, 3.05) is 5.32 Å². The summed E-state index contributed by atoms with van der Waals surface area (Å²) in [6.45, 7) is 2.09. The Morgan fingerprint density at radius 2 is 2.05 bits per heavy atom. The van der Waals surface area contributed by atoms with Crippen LogP contribution in [0.4, 0.5) is 15.8 Å². The molecule has 1 atom stereocenters. The van der Waals surface area contributed by atoms with Gasteiger partial charge >= 0.3 is 5.69 Å². The van der Waals surface area contributed by atoms with Crippen molar-refractivity contribution in [3.8, 4) is 0 Å². The van der Waals surface area contributed by atoms with Crippen molar-refractivity contribution >= 4 is 11.4 Å². The topological polar surface area (TPSA) is 55.2 Å². The molecule has 0 aliphatic heterocycles. The van der Waals surface area contributed by atoms with E-state index in [1.807, 2.05) is 0 Å². The molecule has 0 heterocycles. The second-order valence-corrected chi connectivity index (χ2v) is 5.25. The molecule has 0 bridgehead atoms. The van der Waals surface area contributed by atoms with Gasteiger partial charge in [-0.15, -0.1) is 0 Å². The quantitative estimate of drug-likeness (QED) is 0.659. The van der Waals surface area contributed by atoms with E-state index in [4.69, 9.17) is 0 Å². The van der Waals surface area contributed by atoms with Crippen molar-refractivity contribution in [2.45, 2.75) is 45.1 Å². The third-order valence-corrected chi connectivity index (χ3v) is 3.89. The summed E-state index contributed by atoms with van der Waals surface area (Å²) in [5, 5.41) is 14.0. The number of nitro benzene ring substituents is 1. The Morgan fingerprint density at radius 1 is 1.37 bits per heavy atom. The van der Waals surface area contributed by atoms with Crippen molar-refractivity contribution in [1.82, 2.24) is 0 Å². The van der Waals surface area contributed by atoms with Crippen molar-refractivity contribution in [2.24, 2.45) is 5.92 Å². The molecule has 0 amide bonds. The number of benzene rings is 1. The highest BCUT2D eigenvalue weighted by Crippen LogP contribution is 2.29. The van der Waals surface area contributed by atoms with Gasteiger partial charge in [0.15, 0.2) is 0 Å². The lowest BCUT2D eigenvalue weighted by Gasteiger charge is -2.28. The second-order valence-electron chi connectivity index (χ2n) is 5.25. The molecule has 0 spiro atoms. The summed E-state index contributed by atoms with van der Waals surface area (Å²) < 4.78 is 13.2. The Labute approximate surface area is 112 Å². The fraction of sp³-hybridized carbons (Fsp3) is 0.571. The van der Waals surface area contributed by atoms with Crippen LogP contribution in [0.25, 0.3) is 0 Å². The molecular formula is C14H19FN2O2. The smallest absolute Gasteiger partial charge is 0.306 e. The van der Waals surface area contributed by atoms with Crippen LogP contribution in [-0.4, -0.2) is 11.0 Å². The average Bonchev–Trinajstić information content (AvgIpc) is 2.41. The Kier molecular flexibility index (Phi) is 4.35. The number of hydrogen-bond donors (Lipinski definition) is 1. The van der Waals surface area contributed by atoms with Crippen LogP contribution in [0.5, 0.6) is 0 Å². The van der Waals surface area contributed by atoms with E-state index in [1.165, 1.54) is 38.2 Å². The molecule has 1 unspecified atom stereocenters. The summed E-state index contributed by atoms with van der Waals surface area (Å²) in [6.07, 6.45) is 6.18. The molecule has 1 saturated carbocycles. The standard InChI is InChI=1S/C14H19FN2O2/c1-10(11-5-3-2-4-6-11)16-12-7-8-13(15)14(9-12)17(18)19/h7-11,16H,2-6H2,1H3. The van der Waals surface area contributed by atoms with E-state index in [1.54, 1.807) is 6.07 Å². The maximum Gasteiger partial charge on any atom is 0.306 e. The van der Waals surface area contributed by atoms with Gasteiger partial charge in [-0.2, -0.15) is 4.39 Å². The molecular weight excluding hydrogens is 247 g/mol. The Morgan fingerprint density at radius 3 is 2.68 bits per heavy atom. The molecule has 1 aliphatic carbocycles. The van der Waals surface area contributed by atoms with Crippen LogP contribution in [-0.2, 0) is 0 Å². The Hall–Kier alpha value is -1.65. The fourth-order valence-corrected chi connectivity index (χ4v) is 2.76.